The highest BCUT2D eigenvalue weighted by Gasteiger charge is 2.52. The van der Waals surface area contributed by atoms with Gasteiger partial charge in [-0.1, -0.05) is 31.2 Å². The molecule has 2 fully saturated rings. The molecule has 2 bridgehead atoms. The number of rotatable bonds is 5. The van der Waals surface area contributed by atoms with Gasteiger partial charge in [0, 0.05) is 31.0 Å². The highest BCUT2D eigenvalue weighted by atomic mass is 16.1. The van der Waals surface area contributed by atoms with Crippen molar-refractivity contribution in [2.24, 2.45) is 28.8 Å². The van der Waals surface area contributed by atoms with Crippen LogP contribution in [-0.2, 0) is 11.3 Å². The molecular formula is C20H25N3O. The van der Waals surface area contributed by atoms with Gasteiger partial charge in [-0.15, -0.1) is 0 Å². The zero-order chi connectivity index (χ0) is 16.7. The average molecular weight is 323 g/mol. The number of carbonyl (C=O) groups excluding carboxylic acids is 1. The summed E-state index contributed by atoms with van der Waals surface area (Å²) in [6.45, 7) is 2.86. The van der Waals surface area contributed by atoms with Crippen molar-refractivity contribution in [3.05, 3.63) is 41.0 Å². The summed E-state index contributed by atoms with van der Waals surface area (Å²) in [5, 5.41) is 7.59. The number of carbonyl (C=O) groups is 1. The van der Waals surface area contributed by atoms with E-state index in [1.807, 2.05) is 14.0 Å². The molecule has 2 saturated carbocycles. The largest absolute Gasteiger partial charge is 0.316 e. The van der Waals surface area contributed by atoms with Gasteiger partial charge in [0.1, 0.15) is 5.78 Å². The van der Waals surface area contributed by atoms with Gasteiger partial charge in [-0.3, -0.25) is 10.2 Å². The first-order valence-corrected chi connectivity index (χ1v) is 9.02. The Labute approximate surface area is 143 Å². The zero-order valence-electron chi connectivity index (χ0n) is 14.4. The number of fused-ring (bicyclic) bond motifs is 5. The van der Waals surface area contributed by atoms with Crippen LogP contribution in [0.25, 0.3) is 5.70 Å². The quantitative estimate of drug-likeness (QED) is 0.876. The third-order valence-electron chi connectivity index (χ3n) is 5.95. The molecule has 0 spiro atoms. The van der Waals surface area contributed by atoms with Gasteiger partial charge < -0.3 is 5.32 Å². The summed E-state index contributed by atoms with van der Waals surface area (Å²) in [7, 11) is 1.96. The Morgan fingerprint density at radius 2 is 2.08 bits per heavy atom. The molecule has 4 rings (SSSR count). The van der Waals surface area contributed by atoms with E-state index < -0.39 is 0 Å². The maximum absolute atomic E-state index is 12.4. The second-order valence-electron chi connectivity index (χ2n) is 7.24. The number of Topliss-reactive ketones (excluding diaryl/α,β-unsaturated/α-hetero) is 1. The Morgan fingerprint density at radius 3 is 2.79 bits per heavy atom. The SMILES string of the molecule is CCC(=O)C1CC2CC1C1=C(c3ccc(CNC)cc3)NN=CC12. The first-order valence-electron chi connectivity index (χ1n) is 9.02. The summed E-state index contributed by atoms with van der Waals surface area (Å²) in [5.41, 5.74) is 8.26. The first-order chi connectivity index (χ1) is 11.7. The lowest BCUT2D eigenvalue weighted by atomic mass is 9.74. The van der Waals surface area contributed by atoms with E-state index in [1.54, 1.807) is 0 Å². The fourth-order valence-corrected chi connectivity index (χ4v) is 4.86. The topological polar surface area (TPSA) is 53.5 Å². The molecule has 4 heteroatoms. The lowest BCUT2D eigenvalue weighted by Gasteiger charge is -2.32. The summed E-state index contributed by atoms with van der Waals surface area (Å²) < 4.78 is 0. The van der Waals surface area contributed by atoms with E-state index in [4.69, 9.17) is 0 Å². The molecule has 1 aliphatic heterocycles. The van der Waals surface area contributed by atoms with E-state index in [2.05, 4.69) is 46.3 Å². The molecular weight excluding hydrogens is 298 g/mol. The summed E-state index contributed by atoms with van der Waals surface area (Å²) in [6.07, 6.45) is 4.91. The van der Waals surface area contributed by atoms with Crippen molar-refractivity contribution in [2.75, 3.05) is 7.05 Å². The lowest BCUT2D eigenvalue weighted by molar-refractivity contribution is -0.123. The number of hydrazone groups is 1. The third kappa shape index (κ3) is 2.40. The van der Waals surface area contributed by atoms with Crippen molar-refractivity contribution >= 4 is 17.7 Å². The Kier molecular flexibility index (Phi) is 4.01. The molecule has 1 heterocycles. The smallest absolute Gasteiger partial charge is 0.136 e. The van der Waals surface area contributed by atoms with E-state index in [1.165, 1.54) is 16.7 Å². The Bertz CT molecular complexity index is 704. The minimum Gasteiger partial charge on any atom is -0.316 e. The Balaban J connectivity index is 1.70. The molecule has 126 valence electrons. The number of hydrogen-bond donors (Lipinski definition) is 2. The second-order valence-corrected chi connectivity index (χ2v) is 7.24. The highest BCUT2D eigenvalue weighted by Crippen LogP contribution is 2.57. The predicted molar refractivity (Wildman–Crippen MR) is 96.2 cm³/mol. The average Bonchev–Trinajstić information content (AvgIpc) is 3.21. The van der Waals surface area contributed by atoms with Crippen LogP contribution < -0.4 is 10.7 Å². The summed E-state index contributed by atoms with van der Waals surface area (Å²) >= 11 is 0. The van der Waals surface area contributed by atoms with Crippen molar-refractivity contribution in [2.45, 2.75) is 32.7 Å². The first kappa shape index (κ1) is 15.6. The molecule has 3 aliphatic rings. The van der Waals surface area contributed by atoms with Gasteiger partial charge in [-0.05, 0) is 48.4 Å². The molecule has 4 unspecified atom stereocenters. The van der Waals surface area contributed by atoms with Gasteiger partial charge in [-0.25, -0.2) is 0 Å². The molecule has 4 atom stereocenters. The summed E-state index contributed by atoms with van der Waals surface area (Å²) in [5.74, 6) is 2.07. The molecule has 0 saturated heterocycles. The minimum absolute atomic E-state index is 0.220. The molecule has 4 nitrogen and oxygen atoms in total. The lowest BCUT2D eigenvalue weighted by Crippen LogP contribution is -2.32. The summed E-state index contributed by atoms with van der Waals surface area (Å²) in [6, 6.07) is 8.66. The van der Waals surface area contributed by atoms with Crippen LogP contribution in [0.3, 0.4) is 0 Å². The molecule has 1 aromatic rings. The van der Waals surface area contributed by atoms with Crippen LogP contribution >= 0.6 is 0 Å². The monoisotopic (exact) mass is 323 g/mol. The fourth-order valence-electron chi connectivity index (χ4n) is 4.86. The molecule has 0 amide bonds. The molecule has 1 aromatic carbocycles. The molecule has 2 N–H and O–H groups in total. The van der Waals surface area contributed by atoms with Gasteiger partial charge in [0.2, 0.25) is 0 Å². The summed E-state index contributed by atoms with van der Waals surface area (Å²) in [4.78, 5) is 12.4. The van der Waals surface area contributed by atoms with Crippen molar-refractivity contribution in [3.8, 4) is 0 Å². The van der Waals surface area contributed by atoms with Gasteiger partial charge in [0.25, 0.3) is 0 Å². The van der Waals surface area contributed by atoms with Gasteiger partial charge in [0.05, 0.1) is 5.70 Å². The molecule has 0 radical (unpaired) electrons. The van der Waals surface area contributed by atoms with Crippen LogP contribution in [0.2, 0.25) is 0 Å². The van der Waals surface area contributed by atoms with Crippen LogP contribution in [0.5, 0.6) is 0 Å². The van der Waals surface area contributed by atoms with E-state index >= 15 is 0 Å². The van der Waals surface area contributed by atoms with E-state index in [0.29, 0.717) is 30.0 Å². The van der Waals surface area contributed by atoms with Gasteiger partial charge in [0.15, 0.2) is 0 Å². The molecule has 2 aliphatic carbocycles. The Morgan fingerprint density at radius 1 is 1.29 bits per heavy atom. The third-order valence-corrected chi connectivity index (χ3v) is 5.95. The number of allylic oxidation sites excluding steroid dienone is 1. The van der Waals surface area contributed by atoms with E-state index in [9.17, 15) is 4.79 Å². The van der Waals surface area contributed by atoms with Crippen molar-refractivity contribution in [1.82, 2.24) is 10.7 Å². The maximum atomic E-state index is 12.4. The molecule has 24 heavy (non-hydrogen) atoms. The van der Waals surface area contributed by atoms with Crippen LogP contribution in [0, 0.1) is 23.7 Å². The number of benzene rings is 1. The predicted octanol–water partition coefficient (Wildman–Crippen LogP) is 2.96. The van der Waals surface area contributed by atoms with Crippen molar-refractivity contribution in [3.63, 3.8) is 0 Å². The van der Waals surface area contributed by atoms with Gasteiger partial charge in [-0.2, -0.15) is 5.10 Å². The normalized spacial score (nSPS) is 30.4. The van der Waals surface area contributed by atoms with Crippen molar-refractivity contribution in [1.29, 1.82) is 0 Å². The van der Waals surface area contributed by atoms with E-state index in [0.717, 1.165) is 25.1 Å². The number of ketones is 1. The van der Waals surface area contributed by atoms with Crippen LogP contribution in [0.15, 0.2) is 34.9 Å². The van der Waals surface area contributed by atoms with Crippen molar-refractivity contribution < 1.29 is 4.79 Å². The number of hydrogen-bond acceptors (Lipinski definition) is 4. The number of nitrogens with one attached hydrogen (secondary N) is 2. The van der Waals surface area contributed by atoms with Crippen LogP contribution in [0.4, 0.5) is 0 Å². The van der Waals surface area contributed by atoms with E-state index in [-0.39, 0.29) is 5.92 Å². The maximum Gasteiger partial charge on any atom is 0.136 e. The van der Waals surface area contributed by atoms with Gasteiger partial charge >= 0.3 is 0 Å². The number of nitrogens with zero attached hydrogens (tertiary/aromatic N) is 1. The standard InChI is InChI=1S/C20H25N3O/c1-3-18(24)15-8-14-9-16(15)19-17(14)11-22-23-20(19)13-6-4-12(5-7-13)10-21-2/h4-7,11,14-17,21,23H,3,8-10H2,1-2H3. The second kappa shape index (κ2) is 6.17. The molecule has 0 aromatic heterocycles. The van der Waals surface area contributed by atoms with Crippen LogP contribution in [-0.4, -0.2) is 19.0 Å². The Hall–Kier alpha value is -1.94. The van der Waals surface area contributed by atoms with Crippen LogP contribution in [0.1, 0.15) is 37.3 Å². The minimum atomic E-state index is 0.220. The highest BCUT2D eigenvalue weighted by molar-refractivity contribution is 5.86. The zero-order valence-corrected chi connectivity index (χ0v) is 14.4. The fraction of sp³-hybridized carbons (Fsp3) is 0.500.